The second-order valence-corrected chi connectivity index (χ2v) is 7.36. The van der Waals surface area contributed by atoms with Crippen LogP contribution in [0.5, 0.6) is 0 Å². The van der Waals surface area contributed by atoms with Crippen LogP contribution in [0, 0.1) is 5.92 Å². The Morgan fingerprint density at radius 1 is 1.04 bits per heavy atom. The summed E-state index contributed by atoms with van der Waals surface area (Å²) in [5, 5.41) is 6.22. The molecule has 0 aliphatic heterocycles. The number of carbonyl (C=O) groups excluding carboxylic acids is 2. The number of nitrogens with one attached hydrogen (secondary N) is 2. The van der Waals surface area contributed by atoms with Gasteiger partial charge in [-0.25, -0.2) is 0 Å². The SMILES string of the molecule is CC(C)CC(NC(=O)c1ccc(Cl)cc1)C(=O)NCC(N)c1ccccc1.Cl. The van der Waals surface area contributed by atoms with Crippen LogP contribution in [-0.2, 0) is 4.79 Å². The standard InChI is InChI=1S/C21H26ClN3O2.ClH/c1-14(2)12-19(25-20(26)16-8-10-17(22)11-9-16)21(27)24-13-18(23)15-6-4-3-5-7-15;/h3-11,14,18-19H,12-13,23H2,1-2H3,(H,24,27)(H,25,26);1H. The maximum atomic E-state index is 12.6. The summed E-state index contributed by atoms with van der Waals surface area (Å²) in [6, 6.07) is 15.2. The molecule has 2 atom stereocenters. The average Bonchev–Trinajstić information content (AvgIpc) is 2.66. The first-order valence-electron chi connectivity index (χ1n) is 9.01. The van der Waals surface area contributed by atoms with Crippen LogP contribution in [0.3, 0.4) is 0 Å². The van der Waals surface area contributed by atoms with Gasteiger partial charge in [0.05, 0.1) is 0 Å². The van der Waals surface area contributed by atoms with Crippen LogP contribution in [-0.4, -0.2) is 24.4 Å². The number of halogens is 2. The van der Waals surface area contributed by atoms with E-state index in [1.54, 1.807) is 24.3 Å². The fraction of sp³-hybridized carbons (Fsp3) is 0.333. The zero-order chi connectivity index (χ0) is 19.8. The third-order valence-electron chi connectivity index (χ3n) is 4.16. The topological polar surface area (TPSA) is 84.2 Å². The van der Waals surface area contributed by atoms with Gasteiger partial charge in [0, 0.05) is 23.2 Å². The number of carbonyl (C=O) groups is 2. The Kier molecular flexibility index (Phi) is 10.0. The summed E-state index contributed by atoms with van der Waals surface area (Å²) in [6.45, 7) is 4.31. The summed E-state index contributed by atoms with van der Waals surface area (Å²) in [6.07, 6.45) is 0.533. The van der Waals surface area contributed by atoms with Crippen LogP contribution in [0.1, 0.15) is 42.2 Å². The molecule has 0 saturated carbocycles. The molecule has 7 heteroatoms. The van der Waals surface area contributed by atoms with Crippen molar-refractivity contribution in [2.45, 2.75) is 32.4 Å². The van der Waals surface area contributed by atoms with Gasteiger partial charge >= 0.3 is 0 Å². The fourth-order valence-corrected chi connectivity index (χ4v) is 2.82. The second-order valence-electron chi connectivity index (χ2n) is 6.92. The number of amides is 2. The minimum atomic E-state index is -0.629. The van der Waals surface area contributed by atoms with Crippen molar-refractivity contribution in [1.29, 1.82) is 0 Å². The van der Waals surface area contributed by atoms with Crippen molar-refractivity contribution in [2.75, 3.05) is 6.54 Å². The van der Waals surface area contributed by atoms with E-state index in [9.17, 15) is 9.59 Å². The van der Waals surface area contributed by atoms with Crippen LogP contribution < -0.4 is 16.4 Å². The molecule has 0 aliphatic rings. The predicted octanol–water partition coefficient (Wildman–Crippen LogP) is 3.72. The molecule has 0 bridgehead atoms. The Hall–Kier alpha value is -2.08. The highest BCUT2D eigenvalue weighted by Crippen LogP contribution is 2.12. The van der Waals surface area contributed by atoms with Gasteiger partial charge in [-0.05, 0) is 42.2 Å². The van der Waals surface area contributed by atoms with Crippen molar-refractivity contribution >= 4 is 35.8 Å². The van der Waals surface area contributed by atoms with E-state index < -0.39 is 6.04 Å². The van der Waals surface area contributed by atoms with Crippen molar-refractivity contribution < 1.29 is 9.59 Å². The van der Waals surface area contributed by atoms with Gasteiger partial charge in [0.15, 0.2) is 0 Å². The summed E-state index contributed by atoms with van der Waals surface area (Å²) >= 11 is 5.86. The molecule has 0 aliphatic carbocycles. The molecule has 2 aromatic carbocycles. The van der Waals surface area contributed by atoms with Crippen LogP contribution >= 0.6 is 24.0 Å². The molecule has 152 valence electrons. The van der Waals surface area contributed by atoms with Gasteiger partial charge in [-0.15, -0.1) is 12.4 Å². The highest BCUT2D eigenvalue weighted by atomic mass is 35.5. The molecule has 0 spiro atoms. The van der Waals surface area contributed by atoms with E-state index in [2.05, 4.69) is 10.6 Å². The van der Waals surface area contributed by atoms with Gasteiger partial charge in [-0.3, -0.25) is 9.59 Å². The molecule has 0 aromatic heterocycles. The van der Waals surface area contributed by atoms with Gasteiger partial charge in [0.2, 0.25) is 5.91 Å². The average molecular weight is 424 g/mol. The molecule has 0 heterocycles. The molecular weight excluding hydrogens is 397 g/mol. The Balaban J connectivity index is 0.00000392. The molecule has 2 rings (SSSR count). The Labute approximate surface area is 177 Å². The lowest BCUT2D eigenvalue weighted by atomic mass is 10.0. The molecule has 2 aromatic rings. The Morgan fingerprint density at radius 3 is 2.21 bits per heavy atom. The van der Waals surface area contributed by atoms with Crippen LogP contribution in [0.15, 0.2) is 54.6 Å². The third kappa shape index (κ3) is 7.50. The summed E-state index contributed by atoms with van der Waals surface area (Å²) in [4.78, 5) is 25.1. The van der Waals surface area contributed by atoms with Crippen molar-refractivity contribution in [2.24, 2.45) is 11.7 Å². The maximum absolute atomic E-state index is 12.6. The van der Waals surface area contributed by atoms with E-state index in [1.807, 2.05) is 44.2 Å². The molecule has 0 fully saturated rings. The minimum Gasteiger partial charge on any atom is -0.352 e. The molecule has 2 amide bonds. The first-order chi connectivity index (χ1) is 12.9. The monoisotopic (exact) mass is 423 g/mol. The maximum Gasteiger partial charge on any atom is 0.251 e. The first-order valence-corrected chi connectivity index (χ1v) is 9.39. The number of benzene rings is 2. The normalized spacial score (nSPS) is 12.6. The van der Waals surface area contributed by atoms with Crippen molar-refractivity contribution in [3.8, 4) is 0 Å². The van der Waals surface area contributed by atoms with E-state index >= 15 is 0 Å². The highest BCUT2D eigenvalue weighted by Gasteiger charge is 2.23. The molecule has 0 radical (unpaired) electrons. The predicted molar refractivity (Wildman–Crippen MR) is 116 cm³/mol. The molecule has 28 heavy (non-hydrogen) atoms. The number of hydrogen-bond donors (Lipinski definition) is 3. The quantitative estimate of drug-likeness (QED) is 0.604. The van der Waals surface area contributed by atoms with E-state index in [1.165, 1.54) is 0 Å². The van der Waals surface area contributed by atoms with Gasteiger partial charge < -0.3 is 16.4 Å². The number of nitrogens with two attached hydrogens (primary N) is 1. The lowest BCUT2D eigenvalue weighted by Gasteiger charge is -2.21. The fourth-order valence-electron chi connectivity index (χ4n) is 2.70. The van der Waals surface area contributed by atoms with Gasteiger partial charge in [0.1, 0.15) is 6.04 Å². The summed E-state index contributed by atoms with van der Waals surface area (Å²) in [5.41, 5.74) is 7.54. The van der Waals surface area contributed by atoms with E-state index in [0.29, 0.717) is 23.6 Å². The molecule has 5 nitrogen and oxygen atoms in total. The second kappa shape index (κ2) is 11.7. The van der Waals surface area contributed by atoms with Crippen molar-refractivity contribution in [3.05, 3.63) is 70.7 Å². The summed E-state index contributed by atoms with van der Waals surface area (Å²) < 4.78 is 0. The van der Waals surface area contributed by atoms with Gasteiger partial charge in [-0.2, -0.15) is 0 Å². The Morgan fingerprint density at radius 2 is 1.64 bits per heavy atom. The summed E-state index contributed by atoms with van der Waals surface area (Å²) in [7, 11) is 0. The van der Waals surface area contributed by atoms with Gasteiger partial charge in [0.25, 0.3) is 5.91 Å². The number of hydrogen-bond acceptors (Lipinski definition) is 3. The number of rotatable bonds is 8. The first kappa shape index (κ1) is 24.0. The molecule has 0 saturated heterocycles. The van der Waals surface area contributed by atoms with E-state index in [4.69, 9.17) is 17.3 Å². The lowest BCUT2D eigenvalue weighted by Crippen LogP contribution is -2.48. The van der Waals surface area contributed by atoms with E-state index in [0.717, 1.165) is 5.56 Å². The highest BCUT2D eigenvalue weighted by molar-refractivity contribution is 6.30. The lowest BCUT2D eigenvalue weighted by molar-refractivity contribution is -0.123. The van der Waals surface area contributed by atoms with Crippen LogP contribution in [0.4, 0.5) is 0 Å². The van der Waals surface area contributed by atoms with Crippen molar-refractivity contribution in [3.63, 3.8) is 0 Å². The molecule has 2 unspecified atom stereocenters. The third-order valence-corrected chi connectivity index (χ3v) is 4.41. The van der Waals surface area contributed by atoms with Crippen LogP contribution in [0.2, 0.25) is 5.02 Å². The van der Waals surface area contributed by atoms with Gasteiger partial charge in [-0.1, -0.05) is 55.8 Å². The Bertz CT molecular complexity index is 752. The summed E-state index contributed by atoms with van der Waals surface area (Å²) in [5.74, 6) is -0.300. The smallest absolute Gasteiger partial charge is 0.251 e. The minimum absolute atomic E-state index is 0. The zero-order valence-corrected chi connectivity index (χ0v) is 17.6. The molecule has 4 N–H and O–H groups in total. The van der Waals surface area contributed by atoms with Crippen molar-refractivity contribution in [1.82, 2.24) is 10.6 Å². The largest absolute Gasteiger partial charge is 0.352 e. The van der Waals surface area contributed by atoms with E-state index in [-0.39, 0.29) is 36.2 Å². The zero-order valence-electron chi connectivity index (χ0n) is 16.0. The molecular formula is C21H27Cl2N3O2. The van der Waals surface area contributed by atoms with Crippen LogP contribution in [0.25, 0.3) is 0 Å².